The Balaban J connectivity index is 2.79. The van der Waals surface area contributed by atoms with E-state index in [2.05, 4.69) is 62.8 Å². The molecule has 0 aliphatic carbocycles. The molecule has 82 valence electrons. The first-order valence-corrected chi connectivity index (χ1v) is 5.74. The second kappa shape index (κ2) is 5.69. The maximum atomic E-state index is 2.40. The maximum absolute atomic E-state index is 2.40. The van der Waals surface area contributed by atoms with Crippen LogP contribution in [0.25, 0.3) is 0 Å². The third kappa shape index (κ3) is 3.50. The molecule has 0 aromatic carbocycles. The fraction of sp³-hybridized carbons (Fsp3) is 0.500. The summed E-state index contributed by atoms with van der Waals surface area (Å²) >= 11 is 0. The molecule has 1 aliphatic heterocycles. The summed E-state index contributed by atoms with van der Waals surface area (Å²) in [5, 5.41) is 0. The van der Waals surface area contributed by atoms with Crippen molar-refractivity contribution in [1.82, 2.24) is 0 Å². The highest BCUT2D eigenvalue weighted by atomic mass is 15.0. The van der Waals surface area contributed by atoms with Crippen LogP contribution in [0.3, 0.4) is 0 Å². The highest BCUT2D eigenvalue weighted by Gasteiger charge is 2.19. The van der Waals surface area contributed by atoms with Gasteiger partial charge >= 0.3 is 0 Å². The summed E-state index contributed by atoms with van der Waals surface area (Å²) < 4.78 is 2.40. The van der Waals surface area contributed by atoms with E-state index in [1.165, 1.54) is 11.1 Å². The first kappa shape index (κ1) is 12.0. The summed E-state index contributed by atoms with van der Waals surface area (Å²) in [5.41, 5.74) is 2.78. The predicted molar refractivity (Wildman–Crippen MR) is 67.6 cm³/mol. The molecular weight excluding hydrogens is 182 g/mol. The molecule has 0 aromatic rings. The standard InChI is InChI=1S/C14H22N/c1-5-7-13-10-15(9-12(3)4)11-14(13)8-6-2/h5-8,10,12H,9,11H2,1-4H3/q+1/b7-5-,8-6-. The van der Waals surface area contributed by atoms with Crippen molar-refractivity contribution in [3.05, 3.63) is 35.5 Å². The summed E-state index contributed by atoms with van der Waals surface area (Å²) in [4.78, 5) is 0. The molecule has 1 heterocycles. The van der Waals surface area contributed by atoms with Crippen molar-refractivity contribution in [1.29, 1.82) is 0 Å². The quantitative estimate of drug-likeness (QED) is 0.619. The van der Waals surface area contributed by atoms with Gasteiger partial charge in [-0.2, -0.15) is 0 Å². The van der Waals surface area contributed by atoms with Gasteiger partial charge in [0.05, 0.1) is 0 Å². The van der Waals surface area contributed by atoms with Crippen LogP contribution in [-0.2, 0) is 0 Å². The van der Waals surface area contributed by atoms with Gasteiger partial charge in [0.25, 0.3) is 0 Å². The summed E-state index contributed by atoms with van der Waals surface area (Å²) in [6.07, 6.45) is 10.9. The van der Waals surface area contributed by atoms with Gasteiger partial charge in [-0.3, -0.25) is 0 Å². The lowest BCUT2D eigenvalue weighted by Crippen LogP contribution is -2.16. The lowest BCUT2D eigenvalue weighted by atomic mass is 10.1. The number of nitrogens with zero attached hydrogens (tertiary/aromatic N) is 1. The Morgan fingerprint density at radius 2 is 1.93 bits per heavy atom. The number of hydrogen-bond donors (Lipinski definition) is 0. The first-order valence-electron chi connectivity index (χ1n) is 5.74. The van der Waals surface area contributed by atoms with Crippen molar-refractivity contribution < 1.29 is 4.58 Å². The van der Waals surface area contributed by atoms with Crippen molar-refractivity contribution in [3.63, 3.8) is 0 Å². The van der Waals surface area contributed by atoms with Crippen LogP contribution in [0.2, 0.25) is 0 Å². The second-order valence-electron chi connectivity index (χ2n) is 4.43. The van der Waals surface area contributed by atoms with Crippen LogP contribution in [0.4, 0.5) is 0 Å². The van der Waals surface area contributed by atoms with E-state index < -0.39 is 0 Å². The molecule has 0 N–H and O–H groups in total. The molecule has 1 heteroatoms. The Kier molecular flexibility index (Phi) is 4.54. The van der Waals surface area contributed by atoms with Crippen LogP contribution in [0.15, 0.2) is 35.5 Å². The molecule has 0 bridgehead atoms. The number of hydrogen-bond acceptors (Lipinski definition) is 0. The first-order chi connectivity index (χ1) is 7.17. The van der Waals surface area contributed by atoms with Gasteiger partial charge in [-0.25, -0.2) is 4.58 Å². The van der Waals surface area contributed by atoms with Crippen LogP contribution >= 0.6 is 0 Å². The van der Waals surface area contributed by atoms with E-state index in [9.17, 15) is 0 Å². The van der Waals surface area contributed by atoms with Crippen molar-refractivity contribution in [3.8, 4) is 0 Å². The van der Waals surface area contributed by atoms with E-state index in [4.69, 9.17) is 0 Å². The molecule has 1 aliphatic rings. The van der Waals surface area contributed by atoms with Crippen molar-refractivity contribution >= 4 is 6.21 Å². The van der Waals surface area contributed by atoms with Crippen LogP contribution < -0.4 is 0 Å². The zero-order chi connectivity index (χ0) is 11.3. The van der Waals surface area contributed by atoms with E-state index in [0.717, 1.165) is 19.0 Å². The zero-order valence-electron chi connectivity index (χ0n) is 10.3. The van der Waals surface area contributed by atoms with Crippen molar-refractivity contribution in [2.75, 3.05) is 13.1 Å². The monoisotopic (exact) mass is 204 g/mol. The summed E-state index contributed by atoms with van der Waals surface area (Å²) in [7, 11) is 0. The van der Waals surface area contributed by atoms with E-state index in [1.54, 1.807) is 0 Å². The molecule has 0 saturated carbocycles. The minimum Gasteiger partial charge on any atom is -0.231 e. The van der Waals surface area contributed by atoms with Gasteiger partial charge in [0.1, 0.15) is 6.54 Å². The van der Waals surface area contributed by atoms with Gasteiger partial charge in [0, 0.05) is 17.1 Å². The molecule has 1 nitrogen and oxygen atoms in total. The fourth-order valence-electron chi connectivity index (χ4n) is 1.90. The summed E-state index contributed by atoms with van der Waals surface area (Å²) in [6.45, 7) is 10.9. The third-order valence-corrected chi connectivity index (χ3v) is 2.38. The molecule has 0 saturated heterocycles. The molecule has 0 radical (unpaired) electrons. The molecule has 0 amide bonds. The SMILES string of the molecule is C/C=C\C1=C(/C=C\C)C[N+](CC(C)C)=C1. The Labute approximate surface area is 93.5 Å². The molecule has 0 aromatic heterocycles. The lowest BCUT2D eigenvalue weighted by Gasteiger charge is -2.01. The minimum atomic E-state index is 0.720. The minimum absolute atomic E-state index is 0.720. The van der Waals surface area contributed by atoms with Crippen molar-refractivity contribution in [2.45, 2.75) is 27.7 Å². The number of allylic oxidation sites excluding steroid dienone is 4. The van der Waals surface area contributed by atoms with Crippen LogP contribution in [0.1, 0.15) is 27.7 Å². The van der Waals surface area contributed by atoms with Gasteiger partial charge < -0.3 is 0 Å². The molecule has 0 unspecified atom stereocenters. The van der Waals surface area contributed by atoms with Crippen LogP contribution in [-0.4, -0.2) is 23.9 Å². The fourth-order valence-corrected chi connectivity index (χ4v) is 1.90. The molecule has 15 heavy (non-hydrogen) atoms. The highest BCUT2D eigenvalue weighted by Crippen LogP contribution is 2.14. The molecule has 0 fully saturated rings. The smallest absolute Gasteiger partial charge is 0.171 e. The van der Waals surface area contributed by atoms with Gasteiger partial charge in [0.15, 0.2) is 12.8 Å². The largest absolute Gasteiger partial charge is 0.231 e. The van der Waals surface area contributed by atoms with E-state index in [1.807, 2.05) is 0 Å². The second-order valence-corrected chi connectivity index (χ2v) is 4.43. The topological polar surface area (TPSA) is 3.01 Å². The molecule has 1 rings (SSSR count). The third-order valence-electron chi connectivity index (χ3n) is 2.38. The van der Waals surface area contributed by atoms with Crippen LogP contribution in [0, 0.1) is 5.92 Å². The Morgan fingerprint density at radius 1 is 1.27 bits per heavy atom. The van der Waals surface area contributed by atoms with E-state index >= 15 is 0 Å². The normalized spacial score (nSPS) is 17.5. The molecule has 0 spiro atoms. The van der Waals surface area contributed by atoms with Gasteiger partial charge in [0.2, 0.25) is 0 Å². The zero-order valence-corrected chi connectivity index (χ0v) is 10.3. The highest BCUT2D eigenvalue weighted by molar-refractivity contribution is 5.82. The van der Waals surface area contributed by atoms with E-state index in [0.29, 0.717) is 0 Å². The maximum Gasteiger partial charge on any atom is 0.171 e. The molecule has 0 atom stereocenters. The van der Waals surface area contributed by atoms with Gasteiger partial charge in [-0.1, -0.05) is 38.2 Å². The van der Waals surface area contributed by atoms with Gasteiger partial charge in [-0.15, -0.1) is 0 Å². The number of rotatable bonds is 4. The predicted octanol–water partition coefficient (Wildman–Crippen LogP) is 3.19. The lowest BCUT2D eigenvalue weighted by molar-refractivity contribution is -0.517. The average Bonchev–Trinajstić information content (AvgIpc) is 2.48. The molecular formula is C14H22N+. The van der Waals surface area contributed by atoms with E-state index in [-0.39, 0.29) is 0 Å². The Hall–Kier alpha value is -1.11. The average molecular weight is 204 g/mol. The van der Waals surface area contributed by atoms with Crippen molar-refractivity contribution in [2.24, 2.45) is 5.92 Å². The summed E-state index contributed by atoms with van der Waals surface area (Å²) in [6, 6.07) is 0. The summed E-state index contributed by atoms with van der Waals surface area (Å²) in [5.74, 6) is 0.720. The van der Waals surface area contributed by atoms with Crippen LogP contribution in [0.5, 0.6) is 0 Å². The van der Waals surface area contributed by atoms with Gasteiger partial charge in [-0.05, 0) is 13.8 Å². The Morgan fingerprint density at radius 3 is 2.47 bits per heavy atom. The Bertz CT molecular complexity index is 327.